The van der Waals surface area contributed by atoms with Gasteiger partial charge in [0.15, 0.2) is 0 Å². The first-order valence-electron chi connectivity index (χ1n) is 6.84. The first-order valence-corrected chi connectivity index (χ1v) is 6.84. The van der Waals surface area contributed by atoms with Gasteiger partial charge in [0.1, 0.15) is 6.04 Å². The van der Waals surface area contributed by atoms with Crippen molar-refractivity contribution in [2.45, 2.75) is 25.8 Å². The van der Waals surface area contributed by atoms with Crippen molar-refractivity contribution >= 4 is 17.7 Å². The van der Waals surface area contributed by atoms with Gasteiger partial charge in [0, 0.05) is 19.8 Å². The second-order valence-corrected chi connectivity index (χ2v) is 4.70. The molecule has 0 fully saturated rings. The fraction of sp³-hybridized carbons (Fsp3) is 0.467. The van der Waals surface area contributed by atoms with Crippen molar-refractivity contribution in [3.8, 4) is 0 Å². The molecule has 0 bridgehead atoms. The lowest BCUT2D eigenvalue weighted by molar-refractivity contribution is -0.141. The first-order chi connectivity index (χ1) is 10.0. The van der Waals surface area contributed by atoms with E-state index in [0.29, 0.717) is 25.1 Å². The van der Waals surface area contributed by atoms with Crippen LogP contribution in [0.1, 0.15) is 18.9 Å². The highest BCUT2D eigenvalue weighted by molar-refractivity contribution is 5.92. The number of para-hydroxylation sites is 1. The summed E-state index contributed by atoms with van der Waals surface area (Å²) in [7, 11) is 3.10. The van der Waals surface area contributed by atoms with Crippen LogP contribution in [-0.2, 0) is 16.0 Å². The molecule has 1 atom stereocenters. The lowest BCUT2D eigenvalue weighted by Gasteiger charge is -2.24. The Hall–Kier alpha value is -2.08. The predicted molar refractivity (Wildman–Crippen MR) is 80.5 cm³/mol. The van der Waals surface area contributed by atoms with Crippen molar-refractivity contribution in [1.82, 2.24) is 4.90 Å². The highest BCUT2D eigenvalue weighted by atomic mass is 16.5. The normalized spacial score (nSPS) is 11.8. The summed E-state index contributed by atoms with van der Waals surface area (Å²) in [5.41, 5.74) is 1.62. The monoisotopic (exact) mass is 294 g/mol. The van der Waals surface area contributed by atoms with E-state index in [-0.39, 0.29) is 0 Å². The van der Waals surface area contributed by atoms with Crippen molar-refractivity contribution < 1.29 is 19.4 Å². The zero-order valence-corrected chi connectivity index (χ0v) is 12.6. The van der Waals surface area contributed by atoms with Gasteiger partial charge in [-0.15, -0.1) is 0 Å². The molecule has 21 heavy (non-hydrogen) atoms. The van der Waals surface area contributed by atoms with E-state index in [2.05, 4.69) is 5.32 Å². The van der Waals surface area contributed by atoms with Gasteiger partial charge in [0.25, 0.3) is 0 Å². The van der Waals surface area contributed by atoms with E-state index in [4.69, 9.17) is 9.84 Å². The molecule has 2 N–H and O–H groups in total. The molecule has 0 spiro atoms. The molecule has 1 aromatic rings. The molecule has 0 heterocycles. The zero-order chi connectivity index (χ0) is 15.8. The Labute approximate surface area is 124 Å². The maximum Gasteiger partial charge on any atom is 0.326 e. The lowest BCUT2D eigenvalue weighted by atomic mass is 10.1. The van der Waals surface area contributed by atoms with Gasteiger partial charge in [-0.25, -0.2) is 9.59 Å². The van der Waals surface area contributed by atoms with Crippen molar-refractivity contribution in [2.24, 2.45) is 0 Å². The van der Waals surface area contributed by atoms with E-state index in [1.54, 1.807) is 20.1 Å². The lowest BCUT2D eigenvalue weighted by Crippen LogP contribution is -2.44. The van der Waals surface area contributed by atoms with Gasteiger partial charge >= 0.3 is 12.0 Å². The van der Waals surface area contributed by atoms with Crippen LogP contribution in [0.25, 0.3) is 0 Å². The number of anilines is 1. The Balaban J connectivity index is 2.80. The number of hydrogen-bond acceptors (Lipinski definition) is 3. The predicted octanol–water partition coefficient (Wildman–Crippen LogP) is 2.20. The maximum absolute atomic E-state index is 12.2. The largest absolute Gasteiger partial charge is 0.480 e. The summed E-state index contributed by atoms with van der Waals surface area (Å²) in [6.45, 7) is 2.28. The van der Waals surface area contributed by atoms with Crippen molar-refractivity contribution in [3.63, 3.8) is 0 Å². The summed E-state index contributed by atoms with van der Waals surface area (Å²) in [5, 5.41) is 11.8. The molecule has 0 saturated heterocycles. The molecule has 0 radical (unpaired) electrons. The van der Waals surface area contributed by atoms with Crippen LogP contribution >= 0.6 is 0 Å². The minimum atomic E-state index is -1.01. The van der Waals surface area contributed by atoms with Gasteiger partial charge in [-0.1, -0.05) is 25.1 Å². The number of benzene rings is 1. The molecular weight excluding hydrogens is 272 g/mol. The summed E-state index contributed by atoms with van der Waals surface area (Å²) in [5.74, 6) is -1.01. The molecule has 1 unspecified atom stereocenters. The van der Waals surface area contributed by atoms with Crippen LogP contribution in [0.2, 0.25) is 0 Å². The van der Waals surface area contributed by atoms with E-state index >= 15 is 0 Å². The number of carboxylic acid groups (broad SMARTS) is 1. The van der Waals surface area contributed by atoms with Gasteiger partial charge in [0.05, 0.1) is 6.61 Å². The van der Waals surface area contributed by atoms with Crippen LogP contribution in [-0.4, -0.2) is 48.8 Å². The minimum absolute atomic E-state index is 0.352. The minimum Gasteiger partial charge on any atom is -0.480 e. The Morgan fingerprint density at radius 2 is 2.05 bits per heavy atom. The van der Waals surface area contributed by atoms with Crippen LogP contribution < -0.4 is 5.32 Å². The second-order valence-electron chi connectivity index (χ2n) is 4.70. The molecule has 0 saturated carbocycles. The molecular formula is C15H22N2O4. The average molecular weight is 294 g/mol. The number of hydrogen-bond donors (Lipinski definition) is 2. The van der Waals surface area contributed by atoms with Crippen LogP contribution in [0, 0.1) is 0 Å². The Bertz CT molecular complexity index is 490. The van der Waals surface area contributed by atoms with Gasteiger partial charge in [-0.05, 0) is 24.5 Å². The van der Waals surface area contributed by atoms with Gasteiger partial charge < -0.3 is 20.1 Å². The van der Waals surface area contributed by atoms with Crippen LogP contribution in [0.4, 0.5) is 10.5 Å². The zero-order valence-electron chi connectivity index (χ0n) is 12.6. The van der Waals surface area contributed by atoms with E-state index in [1.165, 1.54) is 11.9 Å². The van der Waals surface area contributed by atoms with Crippen LogP contribution in [0.15, 0.2) is 24.3 Å². The molecule has 0 aromatic heterocycles. The molecule has 1 aromatic carbocycles. The van der Waals surface area contributed by atoms with Crippen LogP contribution in [0.5, 0.6) is 0 Å². The van der Waals surface area contributed by atoms with Crippen molar-refractivity contribution in [1.29, 1.82) is 0 Å². The smallest absolute Gasteiger partial charge is 0.326 e. The van der Waals surface area contributed by atoms with E-state index < -0.39 is 18.0 Å². The number of amides is 2. The third-order valence-corrected chi connectivity index (χ3v) is 3.29. The van der Waals surface area contributed by atoms with Crippen molar-refractivity contribution in [2.75, 3.05) is 26.1 Å². The number of nitrogens with one attached hydrogen (secondary N) is 1. The third kappa shape index (κ3) is 4.75. The first kappa shape index (κ1) is 17.0. The Morgan fingerprint density at radius 1 is 1.38 bits per heavy atom. The molecule has 6 nitrogen and oxygen atoms in total. The SMILES string of the molecule is CCC(C(=O)O)N(C)C(=O)Nc1ccccc1CCOC. The number of aliphatic carboxylic acids is 1. The highest BCUT2D eigenvalue weighted by Gasteiger charge is 2.24. The molecule has 6 heteroatoms. The topological polar surface area (TPSA) is 78.9 Å². The van der Waals surface area contributed by atoms with E-state index in [0.717, 1.165) is 5.56 Å². The number of nitrogens with zero attached hydrogens (tertiary/aromatic N) is 1. The molecule has 0 aliphatic heterocycles. The number of rotatable bonds is 7. The van der Waals surface area contributed by atoms with Crippen molar-refractivity contribution in [3.05, 3.63) is 29.8 Å². The number of ether oxygens (including phenoxy) is 1. The number of methoxy groups -OCH3 is 1. The van der Waals surface area contributed by atoms with E-state index in [1.807, 2.05) is 18.2 Å². The number of carbonyl (C=O) groups is 2. The molecule has 0 aliphatic rings. The van der Waals surface area contributed by atoms with Crippen LogP contribution in [0.3, 0.4) is 0 Å². The summed E-state index contributed by atoms with van der Waals surface area (Å²) in [6.07, 6.45) is 1.03. The summed E-state index contributed by atoms with van der Waals surface area (Å²) >= 11 is 0. The second kappa shape index (κ2) is 8.26. The van der Waals surface area contributed by atoms with Gasteiger partial charge in [-0.3, -0.25) is 0 Å². The number of carboxylic acids is 1. The standard InChI is InChI=1S/C15H22N2O4/c1-4-13(14(18)19)17(2)15(20)16-12-8-6-5-7-11(12)9-10-21-3/h5-8,13H,4,9-10H2,1-3H3,(H,16,20)(H,18,19). The highest BCUT2D eigenvalue weighted by Crippen LogP contribution is 2.17. The fourth-order valence-electron chi connectivity index (χ4n) is 2.03. The Kier molecular flexibility index (Phi) is 6.68. The maximum atomic E-state index is 12.2. The van der Waals surface area contributed by atoms with Gasteiger partial charge in [0.2, 0.25) is 0 Å². The quantitative estimate of drug-likeness (QED) is 0.808. The number of likely N-dealkylation sites (N-methyl/N-ethyl adjacent to an activating group) is 1. The molecule has 2 amide bonds. The molecule has 1 rings (SSSR count). The Morgan fingerprint density at radius 3 is 2.62 bits per heavy atom. The van der Waals surface area contributed by atoms with E-state index in [9.17, 15) is 9.59 Å². The summed E-state index contributed by atoms with van der Waals surface area (Å²) in [4.78, 5) is 24.5. The third-order valence-electron chi connectivity index (χ3n) is 3.29. The van der Waals surface area contributed by atoms with Gasteiger partial charge in [-0.2, -0.15) is 0 Å². The fourth-order valence-corrected chi connectivity index (χ4v) is 2.03. The average Bonchev–Trinajstić information content (AvgIpc) is 2.46. The summed E-state index contributed by atoms with van der Waals surface area (Å²) < 4.78 is 5.04. The summed E-state index contributed by atoms with van der Waals surface area (Å²) in [6, 6.07) is 6.13. The molecule has 116 valence electrons. The molecule has 0 aliphatic carbocycles. The number of urea groups is 1. The number of carbonyl (C=O) groups excluding carboxylic acids is 1.